The molecule has 3 atom stereocenters. The van der Waals surface area contributed by atoms with E-state index in [-0.39, 0.29) is 6.04 Å². The van der Waals surface area contributed by atoms with Crippen molar-refractivity contribution in [2.45, 2.75) is 64.3 Å². The van der Waals surface area contributed by atoms with Gasteiger partial charge in [0, 0.05) is 19.5 Å². The van der Waals surface area contributed by atoms with Gasteiger partial charge in [-0.2, -0.15) is 0 Å². The van der Waals surface area contributed by atoms with E-state index in [0.717, 1.165) is 31.2 Å². The van der Waals surface area contributed by atoms with Crippen LogP contribution in [0, 0.1) is 0 Å². The summed E-state index contributed by atoms with van der Waals surface area (Å²) in [5, 5.41) is 12.1. The lowest BCUT2D eigenvalue weighted by Gasteiger charge is -2.17. The quantitative estimate of drug-likeness (QED) is 0.878. The number of hydrogen-bond donors (Lipinski definition) is 1. The molecule has 2 aliphatic rings. The van der Waals surface area contributed by atoms with E-state index in [1.165, 1.54) is 19.3 Å². The monoisotopic (exact) mass is 250 g/mol. The van der Waals surface area contributed by atoms with Crippen molar-refractivity contribution in [2.24, 2.45) is 0 Å². The van der Waals surface area contributed by atoms with Gasteiger partial charge in [0.05, 0.1) is 18.2 Å². The first-order valence-electron chi connectivity index (χ1n) is 7.05. The summed E-state index contributed by atoms with van der Waals surface area (Å²) in [5.74, 6) is 2.22. The van der Waals surface area contributed by atoms with Crippen LogP contribution in [-0.2, 0) is 17.7 Å². The van der Waals surface area contributed by atoms with Crippen LogP contribution in [0.25, 0.3) is 0 Å². The maximum absolute atomic E-state index is 5.82. The molecule has 0 radical (unpaired) electrons. The minimum atomic E-state index is 0.254. The fourth-order valence-electron chi connectivity index (χ4n) is 2.93. The third-order valence-corrected chi connectivity index (χ3v) is 4.00. The van der Waals surface area contributed by atoms with Gasteiger partial charge in [-0.15, -0.1) is 10.2 Å². The van der Waals surface area contributed by atoms with E-state index in [4.69, 9.17) is 4.74 Å². The standard InChI is InChI=1S/C13H22N4O/c1-9-5-6-11(18-9)8-14-10(2)13-16-15-12-4-3-7-17(12)13/h9-11,14H,3-8H2,1-2H3. The fourth-order valence-corrected chi connectivity index (χ4v) is 2.93. The second-order valence-corrected chi connectivity index (χ2v) is 5.51. The summed E-state index contributed by atoms with van der Waals surface area (Å²) in [5.41, 5.74) is 0. The Hall–Kier alpha value is -0.940. The van der Waals surface area contributed by atoms with Gasteiger partial charge in [-0.3, -0.25) is 0 Å². The van der Waals surface area contributed by atoms with Crippen LogP contribution in [-0.4, -0.2) is 33.5 Å². The molecule has 0 aliphatic carbocycles. The summed E-state index contributed by atoms with van der Waals surface area (Å²) in [4.78, 5) is 0. The lowest BCUT2D eigenvalue weighted by molar-refractivity contribution is 0.0544. The number of fused-ring (bicyclic) bond motifs is 1. The number of nitrogens with zero attached hydrogens (tertiary/aromatic N) is 3. The number of aryl methyl sites for hydroxylation is 1. The van der Waals surface area contributed by atoms with Crippen LogP contribution in [0.1, 0.15) is 50.8 Å². The van der Waals surface area contributed by atoms with E-state index in [9.17, 15) is 0 Å². The van der Waals surface area contributed by atoms with Gasteiger partial charge < -0.3 is 14.6 Å². The molecule has 2 aliphatic heterocycles. The highest BCUT2D eigenvalue weighted by Crippen LogP contribution is 2.21. The zero-order chi connectivity index (χ0) is 12.5. The highest BCUT2D eigenvalue weighted by Gasteiger charge is 2.24. The number of hydrogen-bond acceptors (Lipinski definition) is 4. The van der Waals surface area contributed by atoms with Crippen LogP contribution in [0.2, 0.25) is 0 Å². The summed E-state index contributed by atoms with van der Waals surface area (Å²) >= 11 is 0. The molecule has 0 aromatic carbocycles. The first-order chi connectivity index (χ1) is 8.74. The molecular formula is C13H22N4O. The maximum Gasteiger partial charge on any atom is 0.149 e. The van der Waals surface area contributed by atoms with Gasteiger partial charge in [-0.05, 0) is 33.1 Å². The molecule has 1 N–H and O–H groups in total. The largest absolute Gasteiger partial charge is 0.374 e. The highest BCUT2D eigenvalue weighted by molar-refractivity contribution is 5.04. The summed E-state index contributed by atoms with van der Waals surface area (Å²) in [7, 11) is 0. The molecule has 5 heteroatoms. The van der Waals surface area contributed by atoms with E-state index in [2.05, 4.69) is 33.9 Å². The van der Waals surface area contributed by atoms with Gasteiger partial charge in [0.1, 0.15) is 11.6 Å². The Morgan fingerprint density at radius 3 is 3.11 bits per heavy atom. The summed E-state index contributed by atoms with van der Waals surface area (Å²) in [6, 6.07) is 0.254. The lowest BCUT2D eigenvalue weighted by atomic mass is 10.2. The van der Waals surface area contributed by atoms with Crippen molar-refractivity contribution in [3.8, 4) is 0 Å². The Morgan fingerprint density at radius 1 is 1.44 bits per heavy atom. The van der Waals surface area contributed by atoms with E-state index in [0.29, 0.717) is 12.2 Å². The minimum absolute atomic E-state index is 0.254. The average Bonchev–Trinajstić information content (AvgIpc) is 3.01. The Labute approximate surface area is 108 Å². The van der Waals surface area contributed by atoms with E-state index < -0.39 is 0 Å². The predicted octanol–water partition coefficient (Wildman–Crippen LogP) is 1.44. The first-order valence-corrected chi connectivity index (χ1v) is 7.05. The van der Waals surface area contributed by atoms with Crippen LogP contribution in [0.3, 0.4) is 0 Å². The second-order valence-electron chi connectivity index (χ2n) is 5.51. The molecular weight excluding hydrogens is 228 g/mol. The molecule has 100 valence electrons. The van der Waals surface area contributed by atoms with Crippen molar-refractivity contribution < 1.29 is 4.74 Å². The van der Waals surface area contributed by atoms with Gasteiger partial charge in [0.25, 0.3) is 0 Å². The van der Waals surface area contributed by atoms with Crippen molar-refractivity contribution in [2.75, 3.05) is 6.54 Å². The first kappa shape index (κ1) is 12.1. The third kappa shape index (κ3) is 2.29. The molecule has 1 fully saturated rings. The molecule has 3 heterocycles. The summed E-state index contributed by atoms with van der Waals surface area (Å²) < 4.78 is 8.08. The third-order valence-electron chi connectivity index (χ3n) is 4.00. The van der Waals surface area contributed by atoms with E-state index >= 15 is 0 Å². The van der Waals surface area contributed by atoms with Gasteiger partial charge in [-0.1, -0.05) is 0 Å². The lowest BCUT2D eigenvalue weighted by Crippen LogP contribution is -2.30. The van der Waals surface area contributed by atoms with Crippen molar-refractivity contribution in [1.82, 2.24) is 20.1 Å². The van der Waals surface area contributed by atoms with E-state index in [1.54, 1.807) is 0 Å². The summed E-state index contributed by atoms with van der Waals surface area (Å²) in [6.07, 6.45) is 5.41. The summed E-state index contributed by atoms with van der Waals surface area (Å²) in [6.45, 7) is 6.29. The number of nitrogens with one attached hydrogen (secondary N) is 1. The smallest absolute Gasteiger partial charge is 0.149 e. The highest BCUT2D eigenvalue weighted by atomic mass is 16.5. The van der Waals surface area contributed by atoms with Gasteiger partial charge >= 0.3 is 0 Å². The maximum atomic E-state index is 5.82. The van der Waals surface area contributed by atoms with Crippen molar-refractivity contribution in [3.63, 3.8) is 0 Å². The zero-order valence-corrected chi connectivity index (χ0v) is 11.2. The zero-order valence-electron chi connectivity index (χ0n) is 11.2. The molecule has 3 unspecified atom stereocenters. The Balaban J connectivity index is 1.56. The van der Waals surface area contributed by atoms with Crippen LogP contribution in [0.4, 0.5) is 0 Å². The molecule has 0 bridgehead atoms. The molecule has 1 saturated heterocycles. The molecule has 0 spiro atoms. The molecule has 5 nitrogen and oxygen atoms in total. The molecule has 1 aromatic rings. The van der Waals surface area contributed by atoms with Gasteiger partial charge in [0.15, 0.2) is 0 Å². The van der Waals surface area contributed by atoms with Crippen molar-refractivity contribution >= 4 is 0 Å². The van der Waals surface area contributed by atoms with Crippen molar-refractivity contribution in [3.05, 3.63) is 11.6 Å². The normalized spacial score (nSPS) is 28.6. The van der Waals surface area contributed by atoms with Crippen LogP contribution >= 0.6 is 0 Å². The topological polar surface area (TPSA) is 52.0 Å². The number of ether oxygens (including phenoxy) is 1. The molecule has 18 heavy (non-hydrogen) atoms. The van der Waals surface area contributed by atoms with Crippen LogP contribution in [0.15, 0.2) is 0 Å². The Bertz CT molecular complexity index is 417. The Kier molecular flexibility index (Phi) is 3.35. The second kappa shape index (κ2) is 4.97. The SMILES string of the molecule is CC1CCC(CNC(C)c2nnc3n2CCC3)O1. The fraction of sp³-hybridized carbons (Fsp3) is 0.846. The number of aromatic nitrogens is 3. The number of rotatable bonds is 4. The van der Waals surface area contributed by atoms with Crippen molar-refractivity contribution in [1.29, 1.82) is 0 Å². The van der Waals surface area contributed by atoms with Crippen LogP contribution < -0.4 is 5.32 Å². The predicted molar refractivity (Wildman–Crippen MR) is 68.3 cm³/mol. The van der Waals surface area contributed by atoms with Crippen LogP contribution in [0.5, 0.6) is 0 Å². The minimum Gasteiger partial charge on any atom is -0.374 e. The molecule has 0 amide bonds. The van der Waals surface area contributed by atoms with Gasteiger partial charge in [0.2, 0.25) is 0 Å². The molecule has 3 rings (SSSR count). The molecule has 1 aromatic heterocycles. The van der Waals surface area contributed by atoms with E-state index in [1.807, 2.05) is 0 Å². The Morgan fingerprint density at radius 2 is 2.33 bits per heavy atom. The average molecular weight is 250 g/mol. The van der Waals surface area contributed by atoms with Gasteiger partial charge in [-0.25, -0.2) is 0 Å². The molecule has 0 saturated carbocycles.